The second-order valence-electron chi connectivity index (χ2n) is 6.95. The summed E-state index contributed by atoms with van der Waals surface area (Å²) < 4.78 is 0. The molecule has 0 aliphatic heterocycles. The number of hydrogen-bond acceptors (Lipinski definition) is 1. The summed E-state index contributed by atoms with van der Waals surface area (Å²) in [6, 6.07) is 3.77. The summed E-state index contributed by atoms with van der Waals surface area (Å²) in [4.78, 5) is 11.6. The third kappa shape index (κ3) is 6.37. The van der Waals surface area contributed by atoms with Gasteiger partial charge in [-0.3, -0.25) is 0 Å². The predicted molar refractivity (Wildman–Crippen MR) is 98.4 cm³/mol. The van der Waals surface area contributed by atoms with Gasteiger partial charge in [0.05, 0.1) is 5.56 Å². The second-order valence-corrected chi connectivity index (χ2v) is 6.95. The van der Waals surface area contributed by atoms with Crippen molar-refractivity contribution in [2.45, 2.75) is 85.5 Å². The first kappa shape index (κ1) is 19.7. The number of unbranched alkanes of at least 4 members (excludes halogenated alkanes) is 4. The van der Waals surface area contributed by atoms with Gasteiger partial charge in [-0.05, 0) is 54.9 Å². The summed E-state index contributed by atoms with van der Waals surface area (Å²) in [6.45, 7) is 8.83. The van der Waals surface area contributed by atoms with E-state index in [1.165, 1.54) is 43.2 Å². The van der Waals surface area contributed by atoms with E-state index < -0.39 is 5.97 Å². The molecule has 0 aliphatic rings. The molecule has 0 bridgehead atoms. The van der Waals surface area contributed by atoms with E-state index in [4.69, 9.17) is 0 Å². The van der Waals surface area contributed by atoms with Crippen LogP contribution in [0.5, 0.6) is 0 Å². The fourth-order valence-corrected chi connectivity index (χ4v) is 3.30. The zero-order valence-corrected chi connectivity index (χ0v) is 15.5. The van der Waals surface area contributed by atoms with E-state index in [9.17, 15) is 9.90 Å². The zero-order chi connectivity index (χ0) is 17.2. The third-order valence-electron chi connectivity index (χ3n) is 4.78. The van der Waals surface area contributed by atoms with Gasteiger partial charge >= 0.3 is 5.97 Å². The summed E-state index contributed by atoms with van der Waals surface area (Å²) in [6.07, 6.45) is 10.5. The van der Waals surface area contributed by atoms with Crippen molar-refractivity contribution < 1.29 is 9.90 Å². The highest BCUT2D eigenvalue weighted by molar-refractivity contribution is 5.90. The lowest BCUT2D eigenvalue weighted by Gasteiger charge is -2.19. The molecule has 0 fully saturated rings. The first-order valence-corrected chi connectivity index (χ1v) is 9.35. The fraction of sp³-hybridized carbons (Fsp3) is 0.667. The minimum atomic E-state index is -0.784. The van der Waals surface area contributed by atoms with Gasteiger partial charge in [0.1, 0.15) is 0 Å². The van der Waals surface area contributed by atoms with Crippen molar-refractivity contribution in [2.75, 3.05) is 0 Å². The monoisotopic (exact) mass is 318 g/mol. The topological polar surface area (TPSA) is 37.3 Å². The molecule has 0 spiro atoms. The molecule has 1 N–H and O–H groups in total. The van der Waals surface area contributed by atoms with E-state index in [1.54, 1.807) is 6.07 Å². The van der Waals surface area contributed by atoms with Crippen molar-refractivity contribution in [3.63, 3.8) is 0 Å². The van der Waals surface area contributed by atoms with Gasteiger partial charge in [-0.1, -0.05) is 65.4 Å². The van der Waals surface area contributed by atoms with Crippen LogP contribution in [0, 0.1) is 12.8 Å². The maximum atomic E-state index is 11.6. The van der Waals surface area contributed by atoms with Gasteiger partial charge in [-0.2, -0.15) is 0 Å². The van der Waals surface area contributed by atoms with Crippen LogP contribution in [0.2, 0.25) is 0 Å². The summed E-state index contributed by atoms with van der Waals surface area (Å²) in [7, 11) is 0. The second kappa shape index (κ2) is 10.5. The van der Waals surface area contributed by atoms with Gasteiger partial charge < -0.3 is 5.11 Å². The standard InChI is InChI=1S/C21H34O2/c1-5-7-9-10-11-16(3)15-20-17(4)13-14-19(21(22)23)18(20)12-8-6-2/h13-14,16H,5-12,15H2,1-4H3,(H,22,23). The lowest BCUT2D eigenvalue weighted by atomic mass is 9.86. The number of benzene rings is 1. The largest absolute Gasteiger partial charge is 0.478 e. The lowest BCUT2D eigenvalue weighted by molar-refractivity contribution is 0.0695. The number of hydrogen-bond donors (Lipinski definition) is 1. The van der Waals surface area contributed by atoms with Crippen molar-refractivity contribution in [3.8, 4) is 0 Å². The van der Waals surface area contributed by atoms with Crippen LogP contribution in [0.15, 0.2) is 12.1 Å². The molecule has 0 radical (unpaired) electrons. The van der Waals surface area contributed by atoms with Gasteiger partial charge in [0.2, 0.25) is 0 Å². The molecule has 2 heteroatoms. The molecule has 0 saturated carbocycles. The van der Waals surface area contributed by atoms with Crippen molar-refractivity contribution >= 4 is 5.97 Å². The number of carbonyl (C=O) groups is 1. The summed E-state index contributed by atoms with van der Waals surface area (Å²) in [5.41, 5.74) is 4.14. The molecule has 0 amide bonds. The van der Waals surface area contributed by atoms with Gasteiger partial charge in [-0.15, -0.1) is 0 Å². The average Bonchev–Trinajstić information content (AvgIpc) is 2.51. The highest BCUT2D eigenvalue weighted by Gasteiger charge is 2.17. The van der Waals surface area contributed by atoms with Gasteiger partial charge in [0.15, 0.2) is 0 Å². The quantitative estimate of drug-likeness (QED) is 0.494. The van der Waals surface area contributed by atoms with E-state index >= 15 is 0 Å². The van der Waals surface area contributed by atoms with Crippen LogP contribution in [0.3, 0.4) is 0 Å². The molecule has 1 rings (SSSR count). The molecule has 1 aromatic rings. The van der Waals surface area contributed by atoms with Crippen LogP contribution < -0.4 is 0 Å². The lowest BCUT2D eigenvalue weighted by Crippen LogP contribution is -2.11. The van der Waals surface area contributed by atoms with Crippen molar-refractivity contribution in [2.24, 2.45) is 5.92 Å². The summed E-state index contributed by atoms with van der Waals surface area (Å²) >= 11 is 0. The smallest absolute Gasteiger partial charge is 0.335 e. The van der Waals surface area contributed by atoms with E-state index in [0.717, 1.165) is 31.2 Å². The average molecular weight is 319 g/mol. The minimum absolute atomic E-state index is 0.511. The van der Waals surface area contributed by atoms with Crippen LogP contribution in [0.1, 0.15) is 92.8 Å². The molecule has 1 aromatic carbocycles. The van der Waals surface area contributed by atoms with Crippen LogP contribution in [-0.4, -0.2) is 11.1 Å². The number of aromatic carboxylic acids is 1. The predicted octanol–water partition coefficient (Wildman–Crippen LogP) is 6.18. The van der Waals surface area contributed by atoms with Crippen LogP contribution >= 0.6 is 0 Å². The van der Waals surface area contributed by atoms with Crippen LogP contribution in [-0.2, 0) is 12.8 Å². The summed E-state index contributed by atoms with van der Waals surface area (Å²) in [5.74, 6) is -0.164. The molecule has 0 saturated heterocycles. The Balaban J connectivity index is 2.89. The van der Waals surface area contributed by atoms with E-state index in [2.05, 4.69) is 27.7 Å². The maximum absolute atomic E-state index is 11.6. The van der Waals surface area contributed by atoms with Crippen molar-refractivity contribution in [1.29, 1.82) is 0 Å². The highest BCUT2D eigenvalue weighted by Crippen LogP contribution is 2.26. The van der Waals surface area contributed by atoms with Crippen LogP contribution in [0.4, 0.5) is 0 Å². The first-order chi connectivity index (χ1) is 11.0. The molecular weight excluding hydrogens is 284 g/mol. The minimum Gasteiger partial charge on any atom is -0.478 e. The Morgan fingerprint density at radius 2 is 1.74 bits per heavy atom. The molecule has 0 aliphatic carbocycles. The summed E-state index contributed by atoms with van der Waals surface area (Å²) in [5, 5.41) is 9.51. The maximum Gasteiger partial charge on any atom is 0.335 e. The number of aryl methyl sites for hydroxylation is 1. The Kier molecular flexibility index (Phi) is 8.98. The third-order valence-corrected chi connectivity index (χ3v) is 4.78. The number of carboxylic acids is 1. The van der Waals surface area contributed by atoms with Crippen molar-refractivity contribution in [1.82, 2.24) is 0 Å². The Morgan fingerprint density at radius 1 is 1.04 bits per heavy atom. The molecule has 0 aromatic heterocycles. The van der Waals surface area contributed by atoms with Gasteiger partial charge in [0, 0.05) is 0 Å². The Bertz CT molecular complexity index is 491. The van der Waals surface area contributed by atoms with Crippen molar-refractivity contribution in [3.05, 3.63) is 34.4 Å². The fourth-order valence-electron chi connectivity index (χ4n) is 3.30. The molecule has 0 heterocycles. The molecule has 130 valence electrons. The van der Waals surface area contributed by atoms with E-state index in [1.807, 2.05) is 6.07 Å². The Labute approximate surface area is 142 Å². The molecule has 1 unspecified atom stereocenters. The molecule has 2 nitrogen and oxygen atoms in total. The van der Waals surface area contributed by atoms with Crippen LogP contribution in [0.25, 0.3) is 0 Å². The number of rotatable bonds is 11. The SMILES string of the molecule is CCCCCCC(C)Cc1c(C)ccc(C(=O)O)c1CCCC. The Hall–Kier alpha value is -1.31. The number of carboxylic acid groups (broad SMARTS) is 1. The first-order valence-electron chi connectivity index (χ1n) is 9.35. The molecular formula is C21H34O2. The molecule has 23 heavy (non-hydrogen) atoms. The van der Waals surface area contributed by atoms with E-state index in [0.29, 0.717) is 11.5 Å². The van der Waals surface area contributed by atoms with Gasteiger partial charge in [-0.25, -0.2) is 4.79 Å². The highest BCUT2D eigenvalue weighted by atomic mass is 16.4. The van der Waals surface area contributed by atoms with E-state index in [-0.39, 0.29) is 0 Å². The molecule has 1 atom stereocenters. The normalized spacial score (nSPS) is 12.3. The Morgan fingerprint density at radius 3 is 2.35 bits per heavy atom. The van der Waals surface area contributed by atoms with Gasteiger partial charge in [0.25, 0.3) is 0 Å². The zero-order valence-electron chi connectivity index (χ0n) is 15.5.